The molecule has 2 rings (SSSR count). The lowest BCUT2D eigenvalue weighted by molar-refractivity contribution is 0.817. The number of pyridine rings is 1. The van der Waals surface area contributed by atoms with E-state index in [9.17, 15) is 0 Å². The number of aromatic nitrogens is 3. The second-order valence-electron chi connectivity index (χ2n) is 4.81. The third-order valence-corrected chi connectivity index (χ3v) is 2.54. The van der Waals surface area contributed by atoms with Crippen LogP contribution in [0.15, 0.2) is 18.6 Å². The molecule has 1 N–H and O–H groups in total. The maximum absolute atomic E-state index is 4.65. The summed E-state index contributed by atoms with van der Waals surface area (Å²) in [5, 5.41) is 4.33. The molecule has 0 aliphatic heterocycles. The van der Waals surface area contributed by atoms with Crippen LogP contribution in [-0.2, 0) is 0 Å². The Morgan fingerprint density at radius 1 is 1.18 bits per heavy atom. The lowest BCUT2D eigenvalue weighted by atomic mass is 10.1. The molecule has 90 valence electrons. The molecule has 0 spiro atoms. The van der Waals surface area contributed by atoms with Crippen LogP contribution >= 0.6 is 0 Å². The number of rotatable bonds is 3. The summed E-state index contributed by atoms with van der Waals surface area (Å²) in [7, 11) is 0. The van der Waals surface area contributed by atoms with E-state index in [0.717, 1.165) is 22.4 Å². The molecule has 0 unspecified atom stereocenters. The third kappa shape index (κ3) is 2.52. The highest BCUT2D eigenvalue weighted by Gasteiger charge is 2.10. The summed E-state index contributed by atoms with van der Waals surface area (Å²) in [6.45, 7) is 8.46. The summed E-state index contributed by atoms with van der Waals surface area (Å²) in [5.41, 5.74) is 2.00. The molecular formula is C13H18N4. The van der Waals surface area contributed by atoms with Crippen molar-refractivity contribution in [2.75, 3.05) is 5.32 Å². The zero-order valence-electron chi connectivity index (χ0n) is 10.7. The van der Waals surface area contributed by atoms with Gasteiger partial charge in [0.15, 0.2) is 0 Å². The van der Waals surface area contributed by atoms with Crippen molar-refractivity contribution in [3.05, 3.63) is 24.3 Å². The Kier molecular flexibility index (Phi) is 3.22. The van der Waals surface area contributed by atoms with Gasteiger partial charge in [-0.15, -0.1) is 0 Å². The third-order valence-electron chi connectivity index (χ3n) is 2.54. The van der Waals surface area contributed by atoms with Gasteiger partial charge in [-0.2, -0.15) is 0 Å². The van der Waals surface area contributed by atoms with Gasteiger partial charge in [0, 0.05) is 17.9 Å². The van der Waals surface area contributed by atoms with Gasteiger partial charge in [-0.25, -0.2) is 15.0 Å². The molecule has 0 aromatic carbocycles. The number of fused-ring (bicyclic) bond motifs is 1. The molecule has 2 heterocycles. The van der Waals surface area contributed by atoms with Crippen LogP contribution in [0.2, 0.25) is 0 Å². The molecule has 0 fully saturated rings. The Hall–Kier alpha value is -1.71. The minimum Gasteiger partial charge on any atom is -0.367 e. The van der Waals surface area contributed by atoms with Crippen LogP contribution in [0.3, 0.4) is 0 Å². The first-order chi connectivity index (χ1) is 8.08. The van der Waals surface area contributed by atoms with Gasteiger partial charge >= 0.3 is 0 Å². The van der Waals surface area contributed by atoms with Gasteiger partial charge in [0.05, 0.1) is 10.9 Å². The average molecular weight is 230 g/mol. The summed E-state index contributed by atoms with van der Waals surface area (Å²) in [4.78, 5) is 13.0. The first-order valence-electron chi connectivity index (χ1n) is 5.95. The molecule has 0 amide bonds. The fraction of sp³-hybridized carbons (Fsp3) is 0.462. The molecular weight excluding hydrogens is 212 g/mol. The number of nitrogens with one attached hydrogen (secondary N) is 1. The van der Waals surface area contributed by atoms with Gasteiger partial charge in [-0.1, -0.05) is 13.8 Å². The van der Waals surface area contributed by atoms with E-state index in [4.69, 9.17) is 0 Å². The second kappa shape index (κ2) is 4.65. The van der Waals surface area contributed by atoms with E-state index < -0.39 is 0 Å². The smallest absolute Gasteiger partial charge is 0.137 e. The summed E-state index contributed by atoms with van der Waals surface area (Å²) in [6, 6.07) is 2.38. The largest absolute Gasteiger partial charge is 0.367 e. The maximum atomic E-state index is 4.65. The minimum absolute atomic E-state index is 0.341. The van der Waals surface area contributed by atoms with Crippen molar-refractivity contribution in [2.24, 2.45) is 0 Å². The molecule has 2 aromatic rings. The van der Waals surface area contributed by atoms with E-state index in [2.05, 4.69) is 48.0 Å². The Morgan fingerprint density at radius 3 is 2.59 bits per heavy atom. The molecule has 0 atom stereocenters. The van der Waals surface area contributed by atoms with Crippen LogP contribution in [0.25, 0.3) is 10.9 Å². The van der Waals surface area contributed by atoms with E-state index in [-0.39, 0.29) is 0 Å². The SMILES string of the molecule is CC(C)Nc1nc(C(C)C)cc2ncncc12. The summed E-state index contributed by atoms with van der Waals surface area (Å²) in [6.07, 6.45) is 3.38. The van der Waals surface area contributed by atoms with E-state index >= 15 is 0 Å². The topological polar surface area (TPSA) is 50.7 Å². The lowest BCUT2D eigenvalue weighted by Crippen LogP contribution is -2.12. The summed E-state index contributed by atoms with van der Waals surface area (Å²) >= 11 is 0. The minimum atomic E-state index is 0.341. The molecule has 4 heteroatoms. The van der Waals surface area contributed by atoms with Crippen molar-refractivity contribution in [1.29, 1.82) is 0 Å². The van der Waals surface area contributed by atoms with Crippen LogP contribution in [0, 0.1) is 0 Å². The lowest BCUT2D eigenvalue weighted by Gasteiger charge is -2.14. The Labute approximate surface area is 102 Å². The monoisotopic (exact) mass is 230 g/mol. The fourth-order valence-electron chi connectivity index (χ4n) is 1.68. The van der Waals surface area contributed by atoms with Crippen LogP contribution in [0.4, 0.5) is 5.82 Å². The van der Waals surface area contributed by atoms with E-state index in [1.165, 1.54) is 0 Å². The van der Waals surface area contributed by atoms with Crippen molar-refractivity contribution in [2.45, 2.75) is 39.7 Å². The molecule has 0 aliphatic carbocycles. The van der Waals surface area contributed by atoms with Crippen molar-refractivity contribution < 1.29 is 0 Å². The molecule has 0 radical (unpaired) electrons. The Balaban J connectivity index is 2.60. The van der Waals surface area contributed by atoms with E-state index in [1.54, 1.807) is 6.33 Å². The first-order valence-corrected chi connectivity index (χ1v) is 5.95. The van der Waals surface area contributed by atoms with Crippen LogP contribution in [0.1, 0.15) is 39.3 Å². The van der Waals surface area contributed by atoms with Gasteiger partial charge in [0.25, 0.3) is 0 Å². The van der Waals surface area contributed by atoms with Crippen molar-refractivity contribution >= 4 is 16.7 Å². The highest BCUT2D eigenvalue weighted by Crippen LogP contribution is 2.24. The number of hydrogen-bond acceptors (Lipinski definition) is 4. The van der Waals surface area contributed by atoms with E-state index in [1.807, 2.05) is 12.3 Å². The van der Waals surface area contributed by atoms with Crippen molar-refractivity contribution in [3.63, 3.8) is 0 Å². The normalized spacial score (nSPS) is 11.4. The van der Waals surface area contributed by atoms with Gasteiger partial charge < -0.3 is 5.32 Å². The molecule has 0 bridgehead atoms. The molecule has 0 saturated carbocycles. The van der Waals surface area contributed by atoms with Crippen LogP contribution < -0.4 is 5.32 Å². The average Bonchev–Trinajstić information content (AvgIpc) is 2.28. The number of anilines is 1. The highest BCUT2D eigenvalue weighted by molar-refractivity contribution is 5.88. The fourth-order valence-corrected chi connectivity index (χ4v) is 1.68. The zero-order valence-corrected chi connectivity index (χ0v) is 10.7. The summed E-state index contributed by atoms with van der Waals surface area (Å²) < 4.78 is 0. The Morgan fingerprint density at radius 2 is 1.94 bits per heavy atom. The second-order valence-corrected chi connectivity index (χ2v) is 4.81. The molecule has 17 heavy (non-hydrogen) atoms. The predicted molar refractivity (Wildman–Crippen MR) is 70.2 cm³/mol. The Bertz CT molecular complexity index is 520. The molecule has 4 nitrogen and oxygen atoms in total. The number of nitrogens with zero attached hydrogens (tertiary/aromatic N) is 3. The van der Waals surface area contributed by atoms with Gasteiger partial charge in [-0.3, -0.25) is 0 Å². The molecule has 0 saturated heterocycles. The van der Waals surface area contributed by atoms with Crippen molar-refractivity contribution in [3.8, 4) is 0 Å². The standard InChI is InChI=1S/C13H18N4/c1-8(2)11-5-12-10(6-14-7-15-12)13(17-11)16-9(3)4/h5-9H,1-4H3,(H,16,17). The first kappa shape index (κ1) is 11.8. The van der Waals surface area contributed by atoms with Crippen LogP contribution in [0.5, 0.6) is 0 Å². The maximum Gasteiger partial charge on any atom is 0.137 e. The summed E-state index contributed by atoms with van der Waals surface area (Å²) in [5.74, 6) is 1.27. The van der Waals surface area contributed by atoms with Crippen LogP contribution in [-0.4, -0.2) is 21.0 Å². The predicted octanol–water partition coefficient (Wildman–Crippen LogP) is 2.97. The quantitative estimate of drug-likeness (QED) is 0.880. The zero-order chi connectivity index (χ0) is 12.4. The molecule has 2 aromatic heterocycles. The van der Waals surface area contributed by atoms with Gasteiger partial charge in [0.1, 0.15) is 12.1 Å². The van der Waals surface area contributed by atoms with Gasteiger partial charge in [-0.05, 0) is 25.8 Å². The molecule has 0 aliphatic rings. The van der Waals surface area contributed by atoms with Crippen molar-refractivity contribution in [1.82, 2.24) is 15.0 Å². The highest BCUT2D eigenvalue weighted by atomic mass is 15.0. The van der Waals surface area contributed by atoms with Gasteiger partial charge in [0.2, 0.25) is 0 Å². The van der Waals surface area contributed by atoms with E-state index in [0.29, 0.717) is 12.0 Å². The number of hydrogen-bond donors (Lipinski definition) is 1.